The van der Waals surface area contributed by atoms with E-state index in [-0.39, 0.29) is 25.1 Å². The summed E-state index contributed by atoms with van der Waals surface area (Å²) < 4.78 is 7.48. The van der Waals surface area contributed by atoms with E-state index >= 15 is 0 Å². The molecule has 0 aliphatic heterocycles. The Morgan fingerprint density at radius 2 is 1.68 bits per heavy atom. The minimum absolute atomic E-state index is 0.267. The van der Waals surface area contributed by atoms with E-state index in [1.807, 2.05) is 41.1 Å². The minimum Gasteiger partial charge on any atom is -0.489 e. The van der Waals surface area contributed by atoms with Crippen molar-refractivity contribution in [3.8, 4) is 5.75 Å². The zero-order valence-corrected chi connectivity index (χ0v) is 22.0. The third-order valence-corrected chi connectivity index (χ3v) is 11.5. The van der Waals surface area contributed by atoms with Crippen molar-refractivity contribution in [2.24, 2.45) is 5.92 Å². The van der Waals surface area contributed by atoms with Gasteiger partial charge < -0.3 is 4.74 Å². The first kappa shape index (κ1) is 24.9. The van der Waals surface area contributed by atoms with Crippen molar-refractivity contribution < 1.29 is 23.1 Å². The second-order valence-electron chi connectivity index (χ2n) is 7.99. The van der Waals surface area contributed by atoms with Gasteiger partial charge in [-0.1, -0.05) is 35.9 Å². The maximum Gasteiger partial charge on any atom is 0.119 e. The van der Waals surface area contributed by atoms with Crippen LogP contribution in [0.4, 0.5) is 0 Å². The fourth-order valence-electron chi connectivity index (χ4n) is 3.14. The van der Waals surface area contributed by atoms with Crippen LogP contribution >= 0.6 is 0 Å². The van der Waals surface area contributed by atoms with Gasteiger partial charge >= 0.3 is 92.4 Å². The molecule has 1 aliphatic carbocycles. The molecule has 1 aromatic carbocycles. The van der Waals surface area contributed by atoms with Crippen LogP contribution in [0.5, 0.6) is 5.75 Å². The van der Waals surface area contributed by atoms with E-state index in [9.17, 15) is 0 Å². The molecule has 0 aromatic heterocycles. The Balaban J connectivity index is 0.000000283. The Morgan fingerprint density at radius 3 is 2.14 bits per heavy atom. The predicted molar refractivity (Wildman–Crippen MR) is 124 cm³/mol. The van der Waals surface area contributed by atoms with Gasteiger partial charge in [0.1, 0.15) is 12.4 Å². The number of allylic oxidation sites excluding steroid dienone is 7. The first-order valence-electron chi connectivity index (χ1n) is 10.3. The number of para-hydroxylation sites is 1. The normalized spacial score (nSPS) is 17.7. The fourth-order valence-corrected chi connectivity index (χ4v) is 9.95. The van der Waals surface area contributed by atoms with Crippen molar-refractivity contribution >= 4 is 6.66 Å². The van der Waals surface area contributed by atoms with Gasteiger partial charge in [-0.2, -0.15) is 0 Å². The van der Waals surface area contributed by atoms with Crippen LogP contribution in [-0.4, -0.2) is 13.3 Å². The van der Waals surface area contributed by atoms with Gasteiger partial charge in [0.15, 0.2) is 0 Å². The van der Waals surface area contributed by atoms with Gasteiger partial charge in [-0.25, -0.2) is 0 Å². The molecule has 0 spiro atoms. The summed E-state index contributed by atoms with van der Waals surface area (Å²) in [6.45, 7) is 20.9. The largest absolute Gasteiger partial charge is 0.489 e. The number of ether oxygens (including phenoxy) is 1. The molecule has 1 aromatic rings. The zero-order valence-electron chi connectivity index (χ0n) is 19.3. The van der Waals surface area contributed by atoms with Crippen molar-refractivity contribution in [2.45, 2.75) is 61.6 Å². The Hall–Kier alpha value is -1.09. The van der Waals surface area contributed by atoms with E-state index in [4.69, 9.17) is 4.74 Å². The van der Waals surface area contributed by atoms with Crippen molar-refractivity contribution in [1.82, 2.24) is 0 Å². The van der Waals surface area contributed by atoms with Gasteiger partial charge in [0, 0.05) is 0 Å². The van der Waals surface area contributed by atoms with Crippen molar-refractivity contribution in [2.75, 3.05) is 6.61 Å². The van der Waals surface area contributed by atoms with Crippen LogP contribution in [0.25, 0.3) is 0 Å². The van der Waals surface area contributed by atoms with Gasteiger partial charge in [-0.05, 0) is 38.5 Å². The molecule has 28 heavy (non-hydrogen) atoms. The van der Waals surface area contributed by atoms with Crippen LogP contribution < -0.4 is 4.74 Å². The summed E-state index contributed by atoms with van der Waals surface area (Å²) in [5.41, 5.74) is 7.36. The third-order valence-electron chi connectivity index (χ3n) is 5.22. The quantitative estimate of drug-likeness (QED) is 0.340. The second kappa shape index (κ2) is 12.5. The molecule has 0 radical (unpaired) electrons. The Labute approximate surface area is 183 Å². The van der Waals surface area contributed by atoms with E-state index in [1.54, 1.807) is 16.7 Å². The zero-order chi connectivity index (χ0) is 21.3. The van der Waals surface area contributed by atoms with Crippen molar-refractivity contribution in [3.63, 3.8) is 0 Å². The van der Waals surface area contributed by atoms with Gasteiger partial charge in [0.25, 0.3) is 0 Å². The SMILES string of the molecule is CC1=C(C)C(C)[C]([Ti][SiH](C)C)=C1C.CC=C(C)C=C(C)COc1ccccc1. The van der Waals surface area contributed by atoms with Crippen LogP contribution in [0.15, 0.2) is 74.2 Å². The van der Waals surface area contributed by atoms with Gasteiger partial charge in [-0.3, -0.25) is 0 Å². The Morgan fingerprint density at radius 1 is 1.07 bits per heavy atom. The van der Waals surface area contributed by atoms with Gasteiger partial charge in [0.2, 0.25) is 0 Å². The minimum atomic E-state index is -0.315. The average Bonchev–Trinajstić information content (AvgIpc) is 2.85. The smallest absolute Gasteiger partial charge is 0.119 e. The van der Waals surface area contributed by atoms with E-state index < -0.39 is 0 Å². The molecule has 0 fully saturated rings. The molecular formula is C25H38OSiTi. The molecule has 1 unspecified atom stereocenters. The maximum absolute atomic E-state index is 5.62. The molecule has 3 heteroatoms. The molecule has 0 bridgehead atoms. The molecule has 0 N–H and O–H groups in total. The topological polar surface area (TPSA) is 9.23 Å². The number of hydrogen-bond donors (Lipinski definition) is 0. The maximum atomic E-state index is 5.62. The van der Waals surface area contributed by atoms with Crippen LogP contribution in [0.3, 0.4) is 0 Å². The van der Waals surface area contributed by atoms with Crippen molar-refractivity contribution in [1.29, 1.82) is 0 Å². The van der Waals surface area contributed by atoms with E-state index in [0.717, 1.165) is 11.7 Å². The summed E-state index contributed by atoms with van der Waals surface area (Å²) in [5.74, 6) is 1.71. The Bertz CT molecular complexity index is 754. The average molecular weight is 431 g/mol. The molecule has 0 amide bonds. The molecular weight excluding hydrogens is 392 g/mol. The first-order chi connectivity index (χ1) is 13.2. The molecule has 152 valence electrons. The van der Waals surface area contributed by atoms with E-state index in [1.165, 1.54) is 11.1 Å². The predicted octanol–water partition coefficient (Wildman–Crippen LogP) is 7.29. The summed E-state index contributed by atoms with van der Waals surface area (Å²) in [7, 11) is 0. The molecule has 1 atom stereocenters. The summed E-state index contributed by atoms with van der Waals surface area (Å²) in [5, 5.41) is 0. The molecule has 1 nitrogen and oxygen atoms in total. The number of benzene rings is 1. The molecule has 0 saturated heterocycles. The van der Waals surface area contributed by atoms with Crippen LogP contribution in [0.2, 0.25) is 13.1 Å². The molecule has 1 aliphatic rings. The summed E-state index contributed by atoms with van der Waals surface area (Å²) >= 11 is 0.267. The summed E-state index contributed by atoms with van der Waals surface area (Å²) in [4.78, 5) is 0. The molecule has 0 saturated carbocycles. The van der Waals surface area contributed by atoms with Crippen LogP contribution in [0.1, 0.15) is 48.5 Å². The first-order valence-corrected chi connectivity index (χ1v) is 16.7. The molecule has 2 rings (SSSR count). The van der Waals surface area contributed by atoms with Gasteiger partial charge in [-0.15, -0.1) is 0 Å². The van der Waals surface area contributed by atoms with Crippen molar-refractivity contribution in [3.05, 3.63) is 74.2 Å². The van der Waals surface area contributed by atoms with Crippen LogP contribution in [0, 0.1) is 5.92 Å². The monoisotopic (exact) mass is 430 g/mol. The van der Waals surface area contributed by atoms with E-state index in [0.29, 0.717) is 6.61 Å². The number of hydrogen-bond acceptors (Lipinski definition) is 1. The summed E-state index contributed by atoms with van der Waals surface area (Å²) in [6, 6.07) is 9.88. The fraction of sp³-hybridized carbons (Fsp3) is 0.440. The Kier molecular flexibility index (Phi) is 11.1. The van der Waals surface area contributed by atoms with Gasteiger partial charge in [0.05, 0.1) is 0 Å². The molecule has 0 heterocycles. The summed E-state index contributed by atoms with van der Waals surface area (Å²) in [6.07, 6.45) is 4.23. The van der Waals surface area contributed by atoms with E-state index in [2.05, 4.69) is 66.8 Å². The second-order valence-corrected chi connectivity index (χ2v) is 18.2. The standard InChI is InChI=1S/C14H18O.C9H13.C2H7Si.Ti/c1-4-12(2)10-13(3)11-15-14-8-6-5-7-9-14;1-6-5-7(2)9(4)8(6)3;1-3-2;/h4-10H,11H2,1-3H3;6H,1-4H3;3H,1-2H3;. The van der Waals surface area contributed by atoms with Crippen LogP contribution in [-0.2, 0) is 18.4 Å². The third kappa shape index (κ3) is 8.11. The number of rotatable bonds is 6.